The van der Waals surface area contributed by atoms with Crippen LogP contribution in [0.5, 0.6) is 5.75 Å². The van der Waals surface area contributed by atoms with E-state index >= 15 is 0 Å². The Labute approximate surface area is 105 Å². The Morgan fingerprint density at radius 1 is 1.50 bits per heavy atom. The van der Waals surface area contributed by atoms with Gasteiger partial charge in [-0.1, -0.05) is 0 Å². The molecule has 0 bridgehead atoms. The molecule has 0 atom stereocenters. The van der Waals surface area contributed by atoms with Crippen LogP contribution >= 0.6 is 0 Å². The van der Waals surface area contributed by atoms with Crippen molar-refractivity contribution in [2.75, 3.05) is 11.1 Å². The number of nitrogens with one attached hydrogen (secondary N) is 1. The maximum Gasteiger partial charge on any atom is 0.412 e. The Kier molecular flexibility index (Phi) is 3.67. The van der Waals surface area contributed by atoms with E-state index in [9.17, 15) is 9.90 Å². The van der Waals surface area contributed by atoms with Gasteiger partial charge in [-0.25, -0.2) is 4.79 Å². The number of hydrogen-bond donors (Lipinski definition) is 3. The highest BCUT2D eigenvalue weighted by molar-refractivity contribution is 5.90. The van der Waals surface area contributed by atoms with Crippen molar-refractivity contribution in [3.63, 3.8) is 0 Å². The number of carbonyl (C=O) groups excluding carboxylic acids is 1. The van der Waals surface area contributed by atoms with Crippen molar-refractivity contribution in [3.8, 4) is 11.8 Å². The van der Waals surface area contributed by atoms with Crippen molar-refractivity contribution in [2.24, 2.45) is 0 Å². The molecule has 0 spiro atoms. The number of rotatable bonds is 1. The largest absolute Gasteiger partial charge is 0.506 e. The van der Waals surface area contributed by atoms with E-state index in [4.69, 9.17) is 15.7 Å². The fourth-order valence-electron chi connectivity index (χ4n) is 1.22. The van der Waals surface area contributed by atoms with Gasteiger partial charge in [-0.2, -0.15) is 5.26 Å². The lowest BCUT2D eigenvalue weighted by molar-refractivity contribution is 0.0636. The topological polar surface area (TPSA) is 108 Å². The first-order chi connectivity index (χ1) is 8.23. The van der Waals surface area contributed by atoms with Crippen LogP contribution in [0.1, 0.15) is 26.3 Å². The minimum absolute atomic E-state index is 0.0437. The maximum absolute atomic E-state index is 11.5. The number of aromatic hydroxyl groups is 1. The third-order valence-electron chi connectivity index (χ3n) is 1.92. The fraction of sp³-hybridized carbons (Fsp3) is 0.333. The van der Waals surface area contributed by atoms with Gasteiger partial charge >= 0.3 is 6.09 Å². The van der Waals surface area contributed by atoms with Crippen molar-refractivity contribution in [2.45, 2.75) is 26.4 Å². The highest BCUT2D eigenvalue weighted by atomic mass is 16.6. The van der Waals surface area contributed by atoms with Gasteiger partial charge in [0.05, 0.1) is 16.9 Å². The van der Waals surface area contributed by atoms with Gasteiger partial charge in [0.15, 0.2) is 0 Å². The van der Waals surface area contributed by atoms with E-state index in [0.717, 1.165) is 0 Å². The molecular weight excluding hydrogens is 234 g/mol. The van der Waals surface area contributed by atoms with Gasteiger partial charge in [0, 0.05) is 6.07 Å². The molecule has 0 unspecified atom stereocenters. The fourth-order valence-corrected chi connectivity index (χ4v) is 1.22. The number of phenolic OH excluding ortho intramolecular Hbond substituents is 1. The van der Waals surface area contributed by atoms with E-state index in [2.05, 4.69) is 5.32 Å². The molecule has 1 rings (SSSR count). The summed E-state index contributed by atoms with van der Waals surface area (Å²) in [5, 5.41) is 20.6. The molecular formula is C12H15N3O3. The SMILES string of the molecule is CC(C)(C)OC(=O)Nc1cc(O)c(C#N)cc1N. The second-order valence-electron chi connectivity index (χ2n) is 4.70. The number of anilines is 2. The number of nitrogen functional groups attached to an aromatic ring is 1. The summed E-state index contributed by atoms with van der Waals surface area (Å²) < 4.78 is 5.04. The van der Waals surface area contributed by atoms with Crippen molar-refractivity contribution >= 4 is 17.5 Å². The molecule has 4 N–H and O–H groups in total. The highest BCUT2D eigenvalue weighted by Crippen LogP contribution is 2.28. The monoisotopic (exact) mass is 249 g/mol. The molecule has 0 aliphatic carbocycles. The zero-order chi connectivity index (χ0) is 13.9. The van der Waals surface area contributed by atoms with Gasteiger partial charge in [-0.15, -0.1) is 0 Å². The number of phenols is 1. The summed E-state index contributed by atoms with van der Waals surface area (Å²) in [6.07, 6.45) is -0.682. The first-order valence-electron chi connectivity index (χ1n) is 5.25. The number of ether oxygens (including phenoxy) is 1. The lowest BCUT2D eigenvalue weighted by atomic mass is 10.1. The molecule has 1 aromatic rings. The molecule has 18 heavy (non-hydrogen) atoms. The average Bonchev–Trinajstić information content (AvgIpc) is 2.20. The molecule has 0 aliphatic heterocycles. The van der Waals surface area contributed by atoms with Crippen LogP contribution in [0.15, 0.2) is 12.1 Å². The normalized spacial score (nSPS) is 10.6. The van der Waals surface area contributed by atoms with Crippen LogP contribution in [-0.4, -0.2) is 16.8 Å². The van der Waals surface area contributed by atoms with Crippen LogP contribution in [-0.2, 0) is 4.74 Å². The van der Waals surface area contributed by atoms with E-state index in [1.807, 2.05) is 0 Å². The smallest absolute Gasteiger partial charge is 0.412 e. The average molecular weight is 249 g/mol. The second kappa shape index (κ2) is 4.84. The van der Waals surface area contributed by atoms with Crippen molar-refractivity contribution < 1.29 is 14.6 Å². The summed E-state index contributed by atoms with van der Waals surface area (Å²) >= 11 is 0. The molecule has 0 aliphatic rings. The lowest BCUT2D eigenvalue weighted by Gasteiger charge is -2.20. The van der Waals surface area contributed by atoms with Crippen molar-refractivity contribution in [3.05, 3.63) is 17.7 Å². The van der Waals surface area contributed by atoms with Gasteiger partial charge in [-0.05, 0) is 26.8 Å². The summed E-state index contributed by atoms with van der Waals surface area (Å²) in [7, 11) is 0. The van der Waals surface area contributed by atoms with E-state index < -0.39 is 11.7 Å². The van der Waals surface area contributed by atoms with Crippen LogP contribution in [0.25, 0.3) is 0 Å². The van der Waals surface area contributed by atoms with Crippen molar-refractivity contribution in [1.82, 2.24) is 0 Å². The first-order valence-corrected chi connectivity index (χ1v) is 5.25. The molecule has 0 saturated heterocycles. The highest BCUT2D eigenvalue weighted by Gasteiger charge is 2.17. The molecule has 1 amide bonds. The third kappa shape index (κ3) is 3.56. The van der Waals surface area contributed by atoms with E-state index in [1.165, 1.54) is 12.1 Å². The zero-order valence-corrected chi connectivity index (χ0v) is 10.4. The van der Waals surface area contributed by atoms with Crippen molar-refractivity contribution in [1.29, 1.82) is 5.26 Å². The Balaban J connectivity index is 2.90. The number of amides is 1. The third-order valence-corrected chi connectivity index (χ3v) is 1.92. The summed E-state index contributed by atoms with van der Waals surface area (Å²) in [4.78, 5) is 11.5. The first kappa shape index (κ1) is 13.6. The van der Waals surface area contributed by atoms with Crippen LogP contribution in [0.3, 0.4) is 0 Å². The van der Waals surface area contributed by atoms with E-state index in [-0.39, 0.29) is 22.7 Å². The molecule has 1 aromatic carbocycles. The predicted molar refractivity (Wildman–Crippen MR) is 67.1 cm³/mol. The van der Waals surface area contributed by atoms with Crippen LogP contribution in [0.2, 0.25) is 0 Å². The Morgan fingerprint density at radius 3 is 2.61 bits per heavy atom. The maximum atomic E-state index is 11.5. The minimum atomic E-state index is -0.682. The van der Waals surface area contributed by atoms with E-state index in [0.29, 0.717) is 0 Å². The van der Waals surface area contributed by atoms with Crippen LogP contribution < -0.4 is 11.1 Å². The summed E-state index contributed by atoms with van der Waals surface area (Å²) in [5.41, 5.74) is 5.43. The minimum Gasteiger partial charge on any atom is -0.506 e. The number of benzene rings is 1. The number of carbonyl (C=O) groups is 1. The lowest BCUT2D eigenvalue weighted by Crippen LogP contribution is -2.27. The predicted octanol–water partition coefficient (Wildman–Crippen LogP) is 2.19. The Hall–Kier alpha value is -2.42. The van der Waals surface area contributed by atoms with Gasteiger partial charge in [-0.3, -0.25) is 5.32 Å². The molecule has 0 radical (unpaired) electrons. The molecule has 0 aromatic heterocycles. The standard InChI is InChI=1S/C12H15N3O3/c1-12(2,3)18-11(17)15-9-5-10(16)7(6-13)4-8(9)14/h4-5,16H,14H2,1-3H3,(H,15,17). The summed E-state index contributed by atoms with van der Waals surface area (Å²) in [6, 6.07) is 4.27. The van der Waals surface area contributed by atoms with Crippen LogP contribution in [0, 0.1) is 11.3 Å². The quantitative estimate of drug-likeness (QED) is 0.522. The molecule has 96 valence electrons. The van der Waals surface area contributed by atoms with E-state index in [1.54, 1.807) is 26.8 Å². The molecule has 6 heteroatoms. The Bertz CT molecular complexity index is 513. The number of nitrogens with two attached hydrogens (primary N) is 1. The number of nitrogens with zero attached hydrogens (tertiary/aromatic N) is 1. The van der Waals surface area contributed by atoms with Crippen LogP contribution in [0.4, 0.5) is 16.2 Å². The molecule has 6 nitrogen and oxygen atoms in total. The van der Waals surface area contributed by atoms with Gasteiger partial charge in [0.1, 0.15) is 17.4 Å². The summed E-state index contributed by atoms with van der Waals surface area (Å²) in [5.74, 6) is -0.252. The summed E-state index contributed by atoms with van der Waals surface area (Å²) in [6.45, 7) is 5.19. The number of nitriles is 1. The Morgan fingerprint density at radius 2 is 2.11 bits per heavy atom. The second-order valence-corrected chi connectivity index (χ2v) is 4.70. The van der Waals surface area contributed by atoms with Gasteiger partial charge in [0.2, 0.25) is 0 Å². The zero-order valence-electron chi connectivity index (χ0n) is 10.4. The van der Waals surface area contributed by atoms with Gasteiger partial charge in [0.25, 0.3) is 0 Å². The molecule has 0 saturated carbocycles. The molecule has 0 fully saturated rings. The van der Waals surface area contributed by atoms with Gasteiger partial charge < -0.3 is 15.6 Å². The number of hydrogen-bond acceptors (Lipinski definition) is 5. The molecule has 0 heterocycles.